The molecule has 0 radical (unpaired) electrons. The van der Waals surface area contributed by atoms with Crippen molar-refractivity contribution in [3.63, 3.8) is 0 Å². The highest BCUT2D eigenvalue weighted by molar-refractivity contribution is 6.03. The van der Waals surface area contributed by atoms with Gasteiger partial charge >= 0.3 is 6.18 Å². The van der Waals surface area contributed by atoms with E-state index in [0.717, 1.165) is 0 Å². The number of aromatic nitrogens is 1. The summed E-state index contributed by atoms with van der Waals surface area (Å²) in [5, 5.41) is 13.9. The first-order valence-electron chi connectivity index (χ1n) is 7.59. The lowest BCUT2D eigenvalue weighted by atomic mass is 10.0. The Balaban J connectivity index is 1.85. The van der Waals surface area contributed by atoms with Gasteiger partial charge in [0, 0.05) is 18.0 Å². The van der Waals surface area contributed by atoms with Crippen LogP contribution < -0.4 is 4.74 Å². The van der Waals surface area contributed by atoms with Crippen molar-refractivity contribution in [2.75, 3.05) is 6.61 Å². The lowest BCUT2D eigenvalue weighted by Crippen LogP contribution is -2.57. The SMILES string of the molecule is O=C(COc1ccccc1)N1N=C(c2ccncc2)C[C@]1(O)C(F)(F)F. The molecule has 0 aliphatic carbocycles. The fourth-order valence-corrected chi connectivity index (χ4v) is 2.46. The van der Waals surface area contributed by atoms with Gasteiger partial charge in [-0.1, -0.05) is 18.2 Å². The maximum absolute atomic E-state index is 13.4. The first-order chi connectivity index (χ1) is 12.3. The Morgan fingerprint density at radius 2 is 1.85 bits per heavy atom. The zero-order chi connectivity index (χ0) is 18.8. The van der Waals surface area contributed by atoms with Crippen molar-refractivity contribution in [1.29, 1.82) is 0 Å². The molecule has 2 heterocycles. The molecule has 6 nitrogen and oxygen atoms in total. The number of halogens is 3. The van der Waals surface area contributed by atoms with Gasteiger partial charge in [-0.25, -0.2) is 0 Å². The number of ether oxygens (including phenoxy) is 1. The number of carbonyl (C=O) groups is 1. The fraction of sp³-hybridized carbons (Fsp3) is 0.235. The third kappa shape index (κ3) is 3.38. The Kier molecular flexibility index (Phi) is 4.64. The van der Waals surface area contributed by atoms with Gasteiger partial charge in [-0.05, 0) is 24.3 Å². The average Bonchev–Trinajstić information content (AvgIpc) is 3.00. The number of aliphatic hydroxyl groups is 1. The molecule has 0 fully saturated rings. The molecule has 0 bridgehead atoms. The van der Waals surface area contributed by atoms with E-state index in [0.29, 0.717) is 11.3 Å². The zero-order valence-corrected chi connectivity index (χ0v) is 13.3. The van der Waals surface area contributed by atoms with Crippen LogP contribution >= 0.6 is 0 Å². The van der Waals surface area contributed by atoms with E-state index in [9.17, 15) is 23.1 Å². The first-order valence-corrected chi connectivity index (χ1v) is 7.59. The van der Waals surface area contributed by atoms with Crippen LogP contribution in [0.15, 0.2) is 60.0 Å². The minimum Gasteiger partial charge on any atom is -0.484 e. The standard InChI is InChI=1S/C17H14F3N3O3/c18-17(19,20)16(25)10-14(12-6-8-21-9-7-12)22-23(16)15(24)11-26-13-4-2-1-3-5-13/h1-9,25H,10-11H2/t16-/m0/s1. The fourth-order valence-electron chi connectivity index (χ4n) is 2.46. The summed E-state index contributed by atoms with van der Waals surface area (Å²) in [5.74, 6) is -0.799. The van der Waals surface area contributed by atoms with Gasteiger partial charge in [0.25, 0.3) is 11.6 Å². The molecule has 0 unspecified atom stereocenters. The number of pyridine rings is 1. The number of para-hydroxylation sites is 1. The Bertz CT molecular complexity index is 812. The number of alkyl halides is 3. The number of hydrogen-bond donors (Lipinski definition) is 1. The molecule has 136 valence electrons. The smallest absolute Gasteiger partial charge is 0.438 e. The summed E-state index contributed by atoms with van der Waals surface area (Å²) < 4.78 is 45.5. The van der Waals surface area contributed by atoms with E-state index in [2.05, 4.69) is 10.1 Å². The van der Waals surface area contributed by atoms with Crippen molar-refractivity contribution in [1.82, 2.24) is 9.99 Å². The monoisotopic (exact) mass is 365 g/mol. The molecule has 1 aromatic carbocycles. The molecule has 3 rings (SSSR count). The predicted octanol–water partition coefficient (Wildman–Crippen LogP) is 2.35. The largest absolute Gasteiger partial charge is 0.484 e. The molecule has 1 N–H and O–H groups in total. The van der Waals surface area contributed by atoms with Crippen LogP contribution in [0, 0.1) is 0 Å². The second-order valence-electron chi connectivity index (χ2n) is 5.58. The Hall–Kier alpha value is -2.94. The second-order valence-corrected chi connectivity index (χ2v) is 5.58. The highest BCUT2D eigenvalue weighted by atomic mass is 19.4. The molecular weight excluding hydrogens is 351 g/mol. The topological polar surface area (TPSA) is 75.0 Å². The number of rotatable bonds is 4. The summed E-state index contributed by atoms with van der Waals surface area (Å²) in [6.07, 6.45) is -3.20. The number of hydrogen-bond acceptors (Lipinski definition) is 5. The van der Waals surface area contributed by atoms with Crippen LogP contribution in [0.25, 0.3) is 0 Å². The van der Waals surface area contributed by atoms with Crippen molar-refractivity contribution in [3.8, 4) is 5.75 Å². The predicted molar refractivity (Wildman–Crippen MR) is 85.2 cm³/mol. The van der Waals surface area contributed by atoms with E-state index in [4.69, 9.17) is 4.74 Å². The zero-order valence-electron chi connectivity index (χ0n) is 13.3. The van der Waals surface area contributed by atoms with Gasteiger partial charge in [-0.2, -0.15) is 23.3 Å². The Labute approximate surface area is 146 Å². The van der Waals surface area contributed by atoms with Crippen LogP contribution in [0.4, 0.5) is 13.2 Å². The summed E-state index contributed by atoms with van der Waals surface area (Å²) in [6.45, 7) is -0.699. The van der Waals surface area contributed by atoms with Crippen molar-refractivity contribution in [2.24, 2.45) is 5.10 Å². The normalized spacial score (nSPS) is 20.0. The Morgan fingerprint density at radius 3 is 2.46 bits per heavy atom. The molecule has 0 spiro atoms. The van der Waals surface area contributed by atoms with Crippen LogP contribution in [0.1, 0.15) is 12.0 Å². The van der Waals surface area contributed by atoms with Crippen LogP contribution in [0.2, 0.25) is 0 Å². The number of amides is 1. The lowest BCUT2D eigenvalue weighted by Gasteiger charge is -2.32. The van der Waals surface area contributed by atoms with Crippen LogP contribution in [0.5, 0.6) is 5.75 Å². The number of benzene rings is 1. The molecule has 1 atom stereocenters. The summed E-state index contributed by atoms with van der Waals surface area (Å²) in [6, 6.07) is 11.0. The molecule has 1 aliphatic heterocycles. The van der Waals surface area contributed by atoms with Gasteiger partial charge in [0.2, 0.25) is 0 Å². The Morgan fingerprint density at radius 1 is 1.19 bits per heavy atom. The van der Waals surface area contributed by atoms with Crippen molar-refractivity contribution in [2.45, 2.75) is 18.3 Å². The molecule has 1 aromatic heterocycles. The molecule has 0 saturated heterocycles. The van der Waals surface area contributed by atoms with E-state index < -0.39 is 30.8 Å². The van der Waals surface area contributed by atoms with Crippen molar-refractivity contribution < 1.29 is 27.8 Å². The van der Waals surface area contributed by atoms with E-state index >= 15 is 0 Å². The quantitative estimate of drug-likeness (QED) is 0.903. The van der Waals surface area contributed by atoms with Gasteiger partial charge < -0.3 is 9.84 Å². The van der Waals surface area contributed by atoms with Gasteiger partial charge in [-0.15, -0.1) is 0 Å². The molecule has 26 heavy (non-hydrogen) atoms. The minimum absolute atomic E-state index is 0.0473. The average molecular weight is 365 g/mol. The van der Waals surface area contributed by atoms with E-state index in [1.165, 1.54) is 24.5 Å². The van der Waals surface area contributed by atoms with Gasteiger partial charge in [0.05, 0.1) is 12.1 Å². The minimum atomic E-state index is -5.09. The summed E-state index contributed by atoms with van der Waals surface area (Å²) in [7, 11) is 0. The van der Waals surface area contributed by atoms with E-state index in [1.807, 2.05) is 0 Å². The molecule has 9 heteroatoms. The maximum Gasteiger partial charge on any atom is 0.438 e. The van der Waals surface area contributed by atoms with Crippen molar-refractivity contribution in [3.05, 3.63) is 60.4 Å². The van der Waals surface area contributed by atoms with Gasteiger partial charge in [-0.3, -0.25) is 9.78 Å². The lowest BCUT2D eigenvalue weighted by molar-refractivity contribution is -0.302. The van der Waals surface area contributed by atoms with Crippen LogP contribution in [-0.4, -0.2) is 45.2 Å². The summed E-state index contributed by atoms with van der Waals surface area (Å²) in [4.78, 5) is 16.1. The number of nitrogens with zero attached hydrogens (tertiary/aromatic N) is 3. The van der Waals surface area contributed by atoms with Gasteiger partial charge in [0.1, 0.15) is 5.75 Å². The highest BCUT2D eigenvalue weighted by Crippen LogP contribution is 2.41. The van der Waals surface area contributed by atoms with E-state index in [-0.39, 0.29) is 10.7 Å². The van der Waals surface area contributed by atoms with E-state index in [1.54, 1.807) is 30.3 Å². The number of hydrazone groups is 1. The summed E-state index contributed by atoms with van der Waals surface area (Å²) in [5.41, 5.74) is -3.16. The van der Waals surface area contributed by atoms with Gasteiger partial charge in [0.15, 0.2) is 6.61 Å². The molecule has 1 amide bonds. The van der Waals surface area contributed by atoms with Crippen LogP contribution in [0.3, 0.4) is 0 Å². The molecular formula is C17H14F3N3O3. The summed E-state index contributed by atoms with van der Waals surface area (Å²) >= 11 is 0. The molecule has 1 aliphatic rings. The van der Waals surface area contributed by atoms with Crippen LogP contribution in [-0.2, 0) is 4.79 Å². The third-order valence-corrected chi connectivity index (χ3v) is 3.79. The van der Waals surface area contributed by atoms with Crippen molar-refractivity contribution >= 4 is 11.6 Å². The maximum atomic E-state index is 13.4. The second kappa shape index (κ2) is 6.75. The third-order valence-electron chi connectivity index (χ3n) is 3.79. The highest BCUT2D eigenvalue weighted by Gasteiger charge is 2.63. The molecule has 2 aromatic rings. The molecule has 0 saturated carbocycles. The number of carbonyl (C=O) groups excluding carboxylic acids is 1. The first kappa shape index (κ1) is 17.9.